The standard InChI is InChI=1S/C12H16N4O3/c1-2-19-12(18)16-5-3-15(4-6-16)11-13-7-10(9-17)8-14-11/h7-9H,2-6H2,1H3. The third-order valence-electron chi connectivity index (χ3n) is 2.88. The molecule has 1 aliphatic heterocycles. The molecule has 102 valence electrons. The van der Waals surface area contributed by atoms with Crippen molar-refractivity contribution in [3.05, 3.63) is 18.0 Å². The molecule has 1 saturated heterocycles. The number of nitrogens with zero attached hydrogens (tertiary/aromatic N) is 4. The number of ether oxygens (including phenoxy) is 1. The van der Waals surface area contributed by atoms with Crippen molar-refractivity contribution < 1.29 is 14.3 Å². The summed E-state index contributed by atoms with van der Waals surface area (Å²) in [5, 5.41) is 0. The molecule has 1 amide bonds. The van der Waals surface area contributed by atoms with E-state index < -0.39 is 0 Å². The zero-order valence-electron chi connectivity index (χ0n) is 10.8. The number of aldehydes is 1. The monoisotopic (exact) mass is 264 g/mol. The van der Waals surface area contributed by atoms with Crippen molar-refractivity contribution in [1.82, 2.24) is 14.9 Å². The van der Waals surface area contributed by atoms with E-state index in [4.69, 9.17) is 4.74 Å². The molecule has 0 atom stereocenters. The molecule has 2 heterocycles. The van der Waals surface area contributed by atoms with E-state index in [9.17, 15) is 9.59 Å². The van der Waals surface area contributed by atoms with Gasteiger partial charge < -0.3 is 14.5 Å². The van der Waals surface area contributed by atoms with Gasteiger partial charge in [-0.3, -0.25) is 4.79 Å². The van der Waals surface area contributed by atoms with Crippen LogP contribution in [0.4, 0.5) is 10.7 Å². The van der Waals surface area contributed by atoms with Crippen LogP contribution in [-0.4, -0.2) is 60.0 Å². The first-order valence-electron chi connectivity index (χ1n) is 6.18. The minimum absolute atomic E-state index is 0.278. The second kappa shape index (κ2) is 6.12. The molecule has 0 N–H and O–H groups in total. The predicted molar refractivity (Wildman–Crippen MR) is 68.2 cm³/mol. The lowest BCUT2D eigenvalue weighted by Gasteiger charge is -2.33. The van der Waals surface area contributed by atoms with Gasteiger partial charge >= 0.3 is 6.09 Å². The van der Waals surface area contributed by atoms with Crippen LogP contribution in [0.2, 0.25) is 0 Å². The van der Waals surface area contributed by atoms with Gasteiger partial charge in [-0.25, -0.2) is 14.8 Å². The number of hydrogen-bond acceptors (Lipinski definition) is 6. The van der Waals surface area contributed by atoms with Crippen LogP contribution in [-0.2, 0) is 4.74 Å². The van der Waals surface area contributed by atoms with Gasteiger partial charge in [-0.15, -0.1) is 0 Å². The molecule has 19 heavy (non-hydrogen) atoms. The molecule has 1 aliphatic rings. The van der Waals surface area contributed by atoms with Gasteiger partial charge in [0, 0.05) is 38.6 Å². The lowest BCUT2D eigenvalue weighted by atomic mass is 10.3. The molecule has 0 unspecified atom stereocenters. The van der Waals surface area contributed by atoms with Crippen LogP contribution in [0.3, 0.4) is 0 Å². The molecule has 0 bridgehead atoms. The molecule has 0 spiro atoms. The fraction of sp³-hybridized carbons (Fsp3) is 0.500. The van der Waals surface area contributed by atoms with Gasteiger partial charge in [-0.1, -0.05) is 0 Å². The van der Waals surface area contributed by atoms with Crippen LogP contribution in [0.5, 0.6) is 0 Å². The molecule has 1 fully saturated rings. The quantitative estimate of drug-likeness (QED) is 0.743. The molecule has 0 aliphatic carbocycles. The van der Waals surface area contributed by atoms with Crippen LogP contribution >= 0.6 is 0 Å². The van der Waals surface area contributed by atoms with Gasteiger partial charge in [-0.2, -0.15) is 0 Å². The lowest BCUT2D eigenvalue weighted by Crippen LogP contribution is -2.49. The van der Waals surface area contributed by atoms with Crippen molar-refractivity contribution in [2.45, 2.75) is 6.92 Å². The first kappa shape index (κ1) is 13.3. The van der Waals surface area contributed by atoms with Crippen molar-refractivity contribution in [3.63, 3.8) is 0 Å². The Morgan fingerprint density at radius 1 is 1.32 bits per heavy atom. The highest BCUT2D eigenvalue weighted by Crippen LogP contribution is 2.11. The van der Waals surface area contributed by atoms with Crippen molar-refractivity contribution in [2.24, 2.45) is 0 Å². The van der Waals surface area contributed by atoms with Crippen molar-refractivity contribution in [3.8, 4) is 0 Å². The van der Waals surface area contributed by atoms with E-state index in [2.05, 4.69) is 9.97 Å². The summed E-state index contributed by atoms with van der Waals surface area (Å²) in [6.07, 6.45) is 3.42. The Morgan fingerprint density at radius 2 is 1.95 bits per heavy atom. The Morgan fingerprint density at radius 3 is 2.47 bits per heavy atom. The fourth-order valence-corrected chi connectivity index (χ4v) is 1.86. The first-order valence-corrected chi connectivity index (χ1v) is 6.18. The first-order chi connectivity index (χ1) is 9.24. The maximum absolute atomic E-state index is 11.5. The number of carbonyl (C=O) groups excluding carboxylic acids is 2. The molecule has 0 aromatic carbocycles. The third-order valence-corrected chi connectivity index (χ3v) is 2.88. The summed E-state index contributed by atoms with van der Waals surface area (Å²) in [6, 6.07) is 0. The maximum atomic E-state index is 11.5. The Labute approximate surface area is 111 Å². The van der Waals surface area contributed by atoms with Gasteiger partial charge in [0.15, 0.2) is 6.29 Å². The number of amides is 1. The molecule has 0 saturated carbocycles. The van der Waals surface area contributed by atoms with E-state index in [0.717, 1.165) is 0 Å². The van der Waals surface area contributed by atoms with Crippen LogP contribution in [0.15, 0.2) is 12.4 Å². The predicted octanol–water partition coefficient (Wildman–Crippen LogP) is 0.568. The Balaban J connectivity index is 1.91. The topological polar surface area (TPSA) is 75.6 Å². The smallest absolute Gasteiger partial charge is 0.409 e. The highest BCUT2D eigenvalue weighted by molar-refractivity contribution is 5.73. The normalized spacial score (nSPS) is 15.2. The number of rotatable bonds is 3. The number of piperazine rings is 1. The zero-order valence-corrected chi connectivity index (χ0v) is 10.8. The van der Waals surface area contributed by atoms with Crippen LogP contribution in [0.25, 0.3) is 0 Å². The Hall–Kier alpha value is -2.18. The van der Waals surface area contributed by atoms with E-state index in [0.29, 0.717) is 50.6 Å². The Bertz CT molecular complexity index is 441. The molecule has 7 heteroatoms. The van der Waals surface area contributed by atoms with E-state index in [1.165, 1.54) is 12.4 Å². The number of anilines is 1. The lowest BCUT2D eigenvalue weighted by molar-refractivity contribution is 0.105. The second-order valence-electron chi connectivity index (χ2n) is 4.11. The SMILES string of the molecule is CCOC(=O)N1CCN(c2ncc(C=O)cn2)CC1. The van der Waals surface area contributed by atoms with Crippen molar-refractivity contribution in [1.29, 1.82) is 0 Å². The van der Waals surface area contributed by atoms with Crippen molar-refractivity contribution >= 4 is 18.3 Å². The van der Waals surface area contributed by atoms with Crippen molar-refractivity contribution in [2.75, 3.05) is 37.7 Å². The van der Waals surface area contributed by atoms with Gasteiger partial charge in [-0.05, 0) is 6.92 Å². The summed E-state index contributed by atoms with van der Waals surface area (Å²) in [6.45, 7) is 4.64. The maximum Gasteiger partial charge on any atom is 0.409 e. The number of hydrogen-bond donors (Lipinski definition) is 0. The third kappa shape index (κ3) is 3.18. The largest absolute Gasteiger partial charge is 0.450 e. The Kier molecular flexibility index (Phi) is 4.27. The van der Waals surface area contributed by atoms with Gasteiger partial charge in [0.1, 0.15) is 0 Å². The molecule has 1 aromatic rings. The van der Waals surface area contributed by atoms with Crippen LogP contribution in [0.1, 0.15) is 17.3 Å². The van der Waals surface area contributed by atoms with Crippen LogP contribution in [0, 0.1) is 0 Å². The zero-order chi connectivity index (χ0) is 13.7. The van der Waals surface area contributed by atoms with E-state index in [-0.39, 0.29) is 6.09 Å². The average molecular weight is 264 g/mol. The average Bonchev–Trinajstić information content (AvgIpc) is 2.48. The minimum atomic E-state index is -0.278. The molecule has 1 aromatic heterocycles. The summed E-state index contributed by atoms with van der Waals surface area (Å²) >= 11 is 0. The molecule has 2 rings (SSSR count). The fourth-order valence-electron chi connectivity index (χ4n) is 1.86. The van der Waals surface area contributed by atoms with Crippen LogP contribution < -0.4 is 4.90 Å². The highest BCUT2D eigenvalue weighted by atomic mass is 16.6. The summed E-state index contributed by atoms with van der Waals surface area (Å²) in [4.78, 5) is 34.0. The summed E-state index contributed by atoms with van der Waals surface area (Å²) in [5.74, 6) is 0.578. The molecular weight excluding hydrogens is 248 g/mol. The highest BCUT2D eigenvalue weighted by Gasteiger charge is 2.23. The number of aromatic nitrogens is 2. The van der Waals surface area contributed by atoms with Gasteiger partial charge in [0.05, 0.1) is 12.2 Å². The minimum Gasteiger partial charge on any atom is -0.450 e. The molecule has 0 radical (unpaired) electrons. The van der Waals surface area contributed by atoms with E-state index in [1.807, 2.05) is 4.90 Å². The second-order valence-corrected chi connectivity index (χ2v) is 4.11. The van der Waals surface area contributed by atoms with E-state index in [1.54, 1.807) is 11.8 Å². The molecular formula is C12H16N4O3. The van der Waals surface area contributed by atoms with E-state index >= 15 is 0 Å². The molecule has 7 nitrogen and oxygen atoms in total. The summed E-state index contributed by atoms with van der Waals surface area (Å²) in [5.41, 5.74) is 0.453. The summed E-state index contributed by atoms with van der Waals surface area (Å²) in [7, 11) is 0. The van der Waals surface area contributed by atoms with Gasteiger partial charge in [0.2, 0.25) is 5.95 Å². The number of carbonyl (C=O) groups is 2. The summed E-state index contributed by atoms with van der Waals surface area (Å²) < 4.78 is 4.95. The van der Waals surface area contributed by atoms with Gasteiger partial charge in [0.25, 0.3) is 0 Å².